The highest BCUT2D eigenvalue weighted by atomic mass is 32.1. The highest BCUT2D eigenvalue weighted by Gasteiger charge is 2.23. The first kappa shape index (κ1) is 11.5. The van der Waals surface area contributed by atoms with Gasteiger partial charge in [-0.15, -0.1) is 11.3 Å². The second kappa shape index (κ2) is 4.58. The van der Waals surface area contributed by atoms with Crippen LogP contribution < -0.4 is 4.74 Å². The van der Waals surface area contributed by atoms with E-state index in [0.29, 0.717) is 12.2 Å². The van der Waals surface area contributed by atoms with Crippen LogP contribution in [0.1, 0.15) is 33.3 Å². The Morgan fingerprint density at radius 1 is 1.39 bits per heavy atom. The van der Waals surface area contributed by atoms with Gasteiger partial charge in [-0.3, -0.25) is 4.79 Å². The summed E-state index contributed by atoms with van der Waals surface area (Å²) < 4.78 is 5.61. The Bertz CT molecular complexity index is 598. The predicted octanol–water partition coefficient (Wildman–Crippen LogP) is 3.48. The number of aryl methyl sites for hydroxylation is 1. The lowest BCUT2D eigenvalue weighted by Crippen LogP contribution is -2.04. The van der Waals surface area contributed by atoms with Crippen LogP contribution in [0.4, 0.5) is 0 Å². The van der Waals surface area contributed by atoms with Crippen molar-refractivity contribution < 1.29 is 9.53 Å². The van der Waals surface area contributed by atoms with Gasteiger partial charge in [-0.25, -0.2) is 0 Å². The lowest BCUT2D eigenvalue weighted by atomic mass is 10.0. The zero-order valence-corrected chi connectivity index (χ0v) is 11.0. The van der Waals surface area contributed by atoms with Gasteiger partial charge in [0, 0.05) is 6.42 Å². The number of carbonyl (C=O) groups is 1. The van der Waals surface area contributed by atoms with E-state index in [9.17, 15) is 4.79 Å². The Kier molecular flexibility index (Phi) is 2.92. The van der Waals surface area contributed by atoms with E-state index >= 15 is 0 Å². The molecule has 0 atom stereocenters. The van der Waals surface area contributed by atoms with E-state index in [-0.39, 0.29) is 5.78 Å². The van der Waals surface area contributed by atoms with Crippen molar-refractivity contribution in [2.45, 2.75) is 19.8 Å². The summed E-state index contributed by atoms with van der Waals surface area (Å²) >= 11 is 1.52. The van der Waals surface area contributed by atoms with E-state index in [4.69, 9.17) is 4.74 Å². The molecule has 0 aliphatic carbocycles. The normalized spacial score (nSPS) is 13.2. The van der Waals surface area contributed by atoms with Crippen molar-refractivity contribution in [2.75, 3.05) is 6.61 Å². The molecule has 92 valence electrons. The summed E-state index contributed by atoms with van der Waals surface area (Å²) in [4.78, 5) is 13.4. The Balaban J connectivity index is 2.06. The van der Waals surface area contributed by atoms with Gasteiger partial charge in [-0.1, -0.05) is 19.1 Å². The molecule has 0 saturated heterocycles. The van der Waals surface area contributed by atoms with Crippen molar-refractivity contribution in [3.8, 4) is 5.75 Å². The SMILES string of the molecule is CCc1ccsc1C(=O)c1cccc2c1OCC2. The first-order valence-electron chi connectivity index (χ1n) is 6.17. The molecule has 3 heteroatoms. The topological polar surface area (TPSA) is 26.3 Å². The van der Waals surface area contributed by atoms with Gasteiger partial charge in [0.25, 0.3) is 0 Å². The second-order valence-electron chi connectivity index (χ2n) is 4.35. The summed E-state index contributed by atoms with van der Waals surface area (Å²) in [6.45, 7) is 2.76. The molecule has 1 aromatic carbocycles. The number of ketones is 1. The largest absolute Gasteiger partial charge is 0.492 e. The molecule has 0 unspecified atom stereocenters. The van der Waals surface area contributed by atoms with Gasteiger partial charge in [0.05, 0.1) is 17.0 Å². The van der Waals surface area contributed by atoms with E-state index < -0.39 is 0 Å². The Morgan fingerprint density at radius 3 is 3.11 bits per heavy atom. The first-order valence-corrected chi connectivity index (χ1v) is 7.05. The highest BCUT2D eigenvalue weighted by molar-refractivity contribution is 7.12. The van der Waals surface area contributed by atoms with Gasteiger partial charge < -0.3 is 4.74 Å². The van der Waals surface area contributed by atoms with Crippen molar-refractivity contribution in [3.63, 3.8) is 0 Å². The standard InChI is InChI=1S/C15H14O2S/c1-2-10-7-9-18-15(10)13(16)12-5-3-4-11-6-8-17-14(11)12/h3-5,7,9H,2,6,8H2,1H3. The van der Waals surface area contributed by atoms with Gasteiger partial charge in [-0.2, -0.15) is 0 Å². The second-order valence-corrected chi connectivity index (χ2v) is 5.27. The summed E-state index contributed by atoms with van der Waals surface area (Å²) in [6.07, 6.45) is 1.79. The van der Waals surface area contributed by atoms with Crippen molar-refractivity contribution in [3.05, 3.63) is 51.2 Å². The molecule has 0 spiro atoms. The lowest BCUT2D eigenvalue weighted by Gasteiger charge is -2.07. The molecule has 1 aromatic heterocycles. The first-order chi connectivity index (χ1) is 8.81. The number of thiophene rings is 1. The van der Waals surface area contributed by atoms with Crippen LogP contribution in [0.25, 0.3) is 0 Å². The van der Waals surface area contributed by atoms with Crippen molar-refractivity contribution >= 4 is 17.1 Å². The number of para-hydroxylation sites is 1. The molecule has 3 rings (SSSR count). The zero-order chi connectivity index (χ0) is 12.5. The molecule has 0 amide bonds. The molecule has 18 heavy (non-hydrogen) atoms. The minimum absolute atomic E-state index is 0.0978. The van der Waals surface area contributed by atoms with Crippen molar-refractivity contribution in [2.24, 2.45) is 0 Å². The minimum atomic E-state index is 0.0978. The smallest absolute Gasteiger partial charge is 0.206 e. The number of fused-ring (bicyclic) bond motifs is 1. The fourth-order valence-corrected chi connectivity index (χ4v) is 3.28. The number of rotatable bonds is 3. The lowest BCUT2D eigenvalue weighted by molar-refractivity contribution is 0.103. The molecule has 0 N–H and O–H groups in total. The van der Waals surface area contributed by atoms with Gasteiger partial charge in [0.15, 0.2) is 0 Å². The van der Waals surface area contributed by atoms with Crippen LogP contribution >= 0.6 is 11.3 Å². The van der Waals surface area contributed by atoms with Gasteiger partial charge in [0.2, 0.25) is 5.78 Å². The number of hydrogen-bond donors (Lipinski definition) is 0. The number of benzene rings is 1. The van der Waals surface area contributed by atoms with Crippen LogP contribution in [0.3, 0.4) is 0 Å². The average Bonchev–Trinajstić information content (AvgIpc) is 3.05. The monoisotopic (exact) mass is 258 g/mol. The summed E-state index contributed by atoms with van der Waals surface area (Å²) in [7, 11) is 0. The van der Waals surface area contributed by atoms with Crippen LogP contribution in [-0.4, -0.2) is 12.4 Å². The molecular formula is C15H14O2S. The number of ether oxygens (including phenoxy) is 1. The average molecular weight is 258 g/mol. The maximum Gasteiger partial charge on any atom is 0.206 e. The third-order valence-electron chi connectivity index (χ3n) is 3.29. The molecule has 0 fully saturated rings. The van der Waals surface area contributed by atoms with E-state index in [2.05, 4.69) is 6.92 Å². The van der Waals surface area contributed by atoms with Gasteiger partial charge in [0.1, 0.15) is 5.75 Å². The van der Waals surface area contributed by atoms with Crippen LogP contribution in [0.5, 0.6) is 5.75 Å². The third-order valence-corrected chi connectivity index (χ3v) is 4.25. The molecular weight excluding hydrogens is 244 g/mol. The molecule has 2 aromatic rings. The Hall–Kier alpha value is -1.61. The summed E-state index contributed by atoms with van der Waals surface area (Å²) in [6, 6.07) is 7.88. The van der Waals surface area contributed by atoms with Crippen LogP contribution in [-0.2, 0) is 12.8 Å². The van der Waals surface area contributed by atoms with Crippen molar-refractivity contribution in [1.29, 1.82) is 0 Å². The van der Waals surface area contributed by atoms with Crippen molar-refractivity contribution in [1.82, 2.24) is 0 Å². The van der Waals surface area contributed by atoms with E-state index in [0.717, 1.165) is 34.6 Å². The minimum Gasteiger partial charge on any atom is -0.492 e. The molecule has 2 heterocycles. The van der Waals surface area contributed by atoms with Crippen LogP contribution in [0, 0.1) is 0 Å². The number of carbonyl (C=O) groups excluding carboxylic acids is 1. The molecule has 2 nitrogen and oxygen atoms in total. The molecule has 1 aliphatic rings. The maximum absolute atomic E-state index is 12.6. The van der Waals surface area contributed by atoms with E-state index in [1.54, 1.807) is 0 Å². The van der Waals surface area contributed by atoms with E-state index in [1.807, 2.05) is 29.6 Å². The number of hydrogen-bond acceptors (Lipinski definition) is 3. The summed E-state index contributed by atoms with van der Waals surface area (Å²) in [5.74, 6) is 0.888. The van der Waals surface area contributed by atoms with Crippen LogP contribution in [0.2, 0.25) is 0 Å². The fourth-order valence-electron chi connectivity index (χ4n) is 2.33. The quantitative estimate of drug-likeness (QED) is 0.788. The third kappa shape index (κ3) is 1.75. The van der Waals surface area contributed by atoms with Gasteiger partial charge in [-0.05, 0) is 35.1 Å². The zero-order valence-electron chi connectivity index (χ0n) is 10.2. The molecule has 0 saturated carbocycles. The Morgan fingerprint density at radius 2 is 2.28 bits per heavy atom. The van der Waals surface area contributed by atoms with E-state index in [1.165, 1.54) is 11.3 Å². The summed E-state index contributed by atoms with van der Waals surface area (Å²) in [5.41, 5.74) is 2.98. The molecule has 0 bridgehead atoms. The molecule has 0 radical (unpaired) electrons. The Labute approximate surface area is 110 Å². The maximum atomic E-state index is 12.6. The summed E-state index contributed by atoms with van der Waals surface area (Å²) in [5, 5.41) is 1.98. The molecule has 1 aliphatic heterocycles. The van der Waals surface area contributed by atoms with Crippen LogP contribution in [0.15, 0.2) is 29.6 Å². The van der Waals surface area contributed by atoms with Gasteiger partial charge >= 0.3 is 0 Å². The fraction of sp³-hybridized carbons (Fsp3) is 0.267. The predicted molar refractivity (Wildman–Crippen MR) is 72.8 cm³/mol. The highest BCUT2D eigenvalue weighted by Crippen LogP contribution is 2.32.